The number of hydrogen-bond donors (Lipinski definition) is 0. The molecule has 2 nitrogen and oxygen atoms in total. The second kappa shape index (κ2) is 9.16. The van der Waals surface area contributed by atoms with Crippen molar-refractivity contribution in [2.45, 2.75) is 4.43 Å². The highest BCUT2D eigenvalue weighted by Gasteiger charge is 2.13. The van der Waals surface area contributed by atoms with Crippen molar-refractivity contribution in [3.05, 3.63) is 127 Å². The fraction of sp³-hybridized carbons (Fsp3) is 0.0294. The molecular weight excluding hydrogens is 565 g/mol. The molecule has 0 aliphatic heterocycles. The molecule has 3 heteroatoms. The summed E-state index contributed by atoms with van der Waals surface area (Å²) in [4.78, 5) is 4.83. The Kier molecular flexibility index (Phi) is 5.51. The number of alkyl halides is 1. The third-order valence-corrected chi connectivity index (χ3v) is 7.94. The summed E-state index contributed by atoms with van der Waals surface area (Å²) in [6.45, 7) is 0. The SMILES string of the molecule is ICc1ccc(-c2ccc3cc(-c4ccc(-c5cccc6c5oc5ccccc56)nc4)ccc3c2)cc1. The number of fused-ring (bicyclic) bond motifs is 4. The lowest BCUT2D eigenvalue weighted by atomic mass is 9.97. The van der Waals surface area contributed by atoms with E-state index < -0.39 is 0 Å². The van der Waals surface area contributed by atoms with Crippen molar-refractivity contribution in [3.63, 3.8) is 0 Å². The van der Waals surface area contributed by atoms with Crippen LogP contribution in [0.1, 0.15) is 5.56 Å². The van der Waals surface area contributed by atoms with Gasteiger partial charge in [-0.15, -0.1) is 0 Å². The molecule has 2 aromatic heterocycles. The van der Waals surface area contributed by atoms with Crippen LogP contribution < -0.4 is 0 Å². The van der Waals surface area contributed by atoms with E-state index in [0.29, 0.717) is 0 Å². The molecule has 7 rings (SSSR count). The minimum atomic E-state index is 0.884. The lowest BCUT2D eigenvalue weighted by Crippen LogP contribution is -1.86. The summed E-state index contributed by atoms with van der Waals surface area (Å²) in [5, 5.41) is 4.71. The first kappa shape index (κ1) is 22.3. The van der Waals surface area contributed by atoms with E-state index in [0.717, 1.165) is 48.8 Å². The highest BCUT2D eigenvalue weighted by atomic mass is 127. The van der Waals surface area contributed by atoms with E-state index in [1.165, 1.54) is 27.5 Å². The fourth-order valence-electron chi connectivity index (χ4n) is 5.06. The maximum atomic E-state index is 6.21. The van der Waals surface area contributed by atoms with E-state index in [4.69, 9.17) is 9.40 Å². The van der Waals surface area contributed by atoms with Gasteiger partial charge in [0.15, 0.2) is 0 Å². The summed E-state index contributed by atoms with van der Waals surface area (Å²) in [7, 11) is 0. The molecule has 176 valence electrons. The third-order valence-electron chi connectivity index (χ3n) is 7.06. The van der Waals surface area contributed by atoms with Gasteiger partial charge in [0.2, 0.25) is 0 Å². The smallest absolute Gasteiger partial charge is 0.144 e. The molecule has 37 heavy (non-hydrogen) atoms. The number of nitrogens with zero attached hydrogens (tertiary/aromatic N) is 1. The first-order valence-corrected chi connectivity index (χ1v) is 13.9. The maximum Gasteiger partial charge on any atom is 0.144 e. The van der Waals surface area contributed by atoms with Gasteiger partial charge >= 0.3 is 0 Å². The van der Waals surface area contributed by atoms with Crippen molar-refractivity contribution in [3.8, 4) is 33.5 Å². The van der Waals surface area contributed by atoms with Crippen molar-refractivity contribution in [1.82, 2.24) is 4.98 Å². The molecule has 0 aliphatic rings. The van der Waals surface area contributed by atoms with Crippen molar-refractivity contribution >= 4 is 55.3 Å². The van der Waals surface area contributed by atoms with E-state index in [2.05, 4.69) is 120 Å². The Labute approximate surface area is 228 Å². The summed E-state index contributed by atoms with van der Waals surface area (Å²) in [5.41, 5.74) is 9.81. The van der Waals surface area contributed by atoms with E-state index in [1.54, 1.807) is 0 Å². The molecule has 0 radical (unpaired) electrons. The molecule has 0 amide bonds. The molecule has 0 atom stereocenters. The normalized spacial score (nSPS) is 11.5. The lowest BCUT2D eigenvalue weighted by Gasteiger charge is -2.08. The number of rotatable bonds is 4. The van der Waals surface area contributed by atoms with Crippen LogP contribution in [0.5, 0.6) is 0 Å². The van der Waals surface area contributed by atoms with Gasteiger partial charge in [-0.2, -0.15) is 0 Å². The number of hydrogen-bond acceptors (Lipinski definition) is 2. The molecule has 0 saturated carbocycles. The highest BCUT2D eigenvalue weighted by molar-refractivity contribution is 14.1. The van der Waals surface area contributed by atoms with Crippen LogP contribution in [0.3, 0.4) is 0 Å². The van der Waals surface area contributed by atoms with Crippen LogP contribution in [0.4, 0.5) is 0 Å². The van der Waals surface area contributed by atoms with Gasteiger partial charge < -0.3 is 4.42 Å². The van der Waals surface area contributed by atoms with Crippen LogP contribution in [0.15, 0.2) is 126 Å². The zero-order valence-corrected chi connectivity index (χ0v) is 22.1. The zero-order chi connectivity index (χ0) is 24.8. The molecule has 0 bridgehead atoms. The van der Waals surface area contributed by atoms with Gasteiger partial charge in [-0.25, -0.2) is 0 Å². The van der Waals surface area contributed by atoms with Gasteiger partial charge in [0.05, 0.1) is 5.69 Å². The minimum Gasteiger partial charge on any atom is -0.455 e. The number of furan rings is 1. The molecule has 5 aromatic carbocycles. The highest BCUT2D eigenvalue weighted by Crippen LogP contribution is 2.36. The van der Waals surface area contributed by atoms with E-state index >= 15 is 0 Å². The monoisotopic (exact) mass is 587 g/mol. The van der Waals surface area contributed by atoms with Crippen molar-refractivity contribution in [1.29, 1.82) is 0 Å². The Balaban J connectivity index is 1.21. The number of para-hydroxylation sites is 2. The molecule has 0 spiro atoms. The Hall–Kier alpha value is -3.96. The van der Waals surface area contributed by atoms with Crippen LogP contribution in [-0.4, -0.2) is 4.98 Å². The number of halogens is 1. The second-order valence-corrected chi connectivity index (χ2v) is 10.1. The summed E-state index contributed by atoms with van der Waals surface area (Å²) in [5.74, 6) is 0. The lowest BCUT2D eigenvalue weighted by molar-refractivity contribution is 0.670. The van der Waals surface area contributed by atoms with Crippen LogP contribution in [-0.2, 0) is 4.43 Å². The molecule has 0 aliphatic carbocycles. The minimum absolute atomic E-state index is 0.884. The molecule has 7 aromatic rings. The van der Waals surface area contributed by atoms with Gasteiger partial charge in [0.1, 0.15) is 11.2 Å². The standard InChI is InChI=1S/C34H22INO/c35-20-22-8-10-23(11-9-22)24-12-13-26-19-27(15-14-25(26)18-24)28-16-17-32(36-21-28)31-6-3-5-30-29-4-1-2-7-33(29)37-34(30)31/h1-19,21H,20H2. The van der Waals surface area contributed by atoms with Gasteiger partial charge in [-0.3, -0.25) is 4.98 Å². The van der Waals surface area contributed by atoms with E-state index in [1.807, 2.05) is 24.4 Å². The summed E-state index contributed by atoms with van der Waals surface area (Å²) < 4.78 is 7.25. The van der Waals surface area contributed by atoms with Crippen molar-refractivity contribution in [2.24, 2.45) is 0 Å². The van der Waals surface area contributed by atoms with Crippen LogP contribution in [0.25, 0.3) is 66.2 Å². The second-order valence-electron chi connectivity index (χ2n) is 9.32. The van der Waals surface area contributed by atoms with Crippen LogP contribution in [0, 0.1) is 0 Å². The fourth-order valence-corrected chi connectivity index (χ4v) is 5.57. The molecule has 0 N–H and O–H groups in total. The molecule has 0 fully saturated rings. The van der Waals surface area contributed by atoms with Gasteiger partial charge in [-0.05, 0) is 63.4 Å². The molecule has 2 heterocycles. The topological polar surface area (TPSA) is 26.0 Å². The van der Waals surface area contributed by atoms with Crippen LogP contribution >= 0.6 is 22.6 Å². The number of aromatic nitrogens is 1. The summed E-state index contributed by atoms with van der Waals surface area (Å²) in [6.07, 6.45) is 1.96. The molecule has 0 unspecified atom stereocenters. The largest absolute Gasteiger partial charge is 0.455 e. The van der Waals surface area contributed by atoms with E-state index in [-0.39, 0.29) is 0 Å². The first-order valence-electron chi connectivity index (χ1n) is 12.3. The van der Waals surface area contributed by atoms with Gasteiger partial charge in [0.25, 0.3) is 0 Å². The Morgan fingerprint density at radius 2 is 1.27 bits per heavy atom. The average Bonchev–Trinajstić information content (AvgIpc) is 3.36. The third kappa shape index (κ3) is 4.00. The Bertz CT molecular complexity index is 1900. The van der Waals surface area contributed by atoms with Crippen molar-refractivity contribution < 1.29 is 4.42 Å². The van der Waals surface area contributed by atoms with Crippen LogP contribution in [0.2, 0.25) is 0 Å². The van der Waals surface area contributed by atoms with Gasteiger partial charge in [0, 0.05) is 32.5 Å². The summed E-state index contributed by atoms with van der Waals surface area (Å²) >= 11 is 2.40. The number of benzene rings is 5. The average molecular weight is 587 g/mol. The molecular formula is C34H22INO. The maximum absolute atomic E-state index is 6.21. The quantitative estimate of drug-likeness (QED) is 0.151. The van der Waals surface area contributed by atoms with Gasteiger partial charge in [-0.1, -0.05) is 108 Å². The van der Waals surface area contributed by atoms with Crippen molar-refractivity contribution in [2.75, 3.05) is 0 Å². The first-order chi connectivity index (χ1) is 18.3. The number of pyridine rings is 1. The molecule has 0 saturated heterocycles. The Morgan fingerprint density at radius 1 is 0.595 bits per heavy atom. The van der Waals surface area contributed by atoms with E-state index in [9.17, 15) is 0 Å². The summed E-state index contributed by atoms with van der Waals surface area (Å²) in [6, 6.07) is 40.8. The predicted octanol–water partition coefficient (Wildman–Crippen LogP) is 10.1. The zero-order valence-electron chi connectivity index (χ0n) is 20.0. The predicted molar refractivity (Wildman–Crippen MR) is 163 cm³/mol. The Morgan fingerprint density at radius 3 is 2.00 bits per heavy atom.